The molecule has 3 aliphatic heterocycles. The Kier molecular flexibility index (Phi) is 4.72. The zero-order chi connectivity index (χ0) is 23.4. The maximum atomic E-state index is 13.8. The van der Waals surface area contributed by atoms with Crippen molar-refractivity contribution in [1.29, 1.82) is 0 Å². The molecule has 0 bridgehead atoms. The third-order valence-corrected chi connectivity index (χ3v) is 6.78. The van der Waals surface area contributed by atoms with Crippen LogP contribution >= 0.6 is 11.6 Å². The van der Waals surface area contributed by atoms with E-state index in [1.165, 1.54) is 10.5 Å². The summed E-state index contributed by atoms with van der Waals surface area (Å²) in [6.07, 6.45) is 6.18. The van der Waals surface area contributed by atoms with Gasteiger partial charge in [0.15, 0.2) is 5.96 Å². The number of fused-ring (bicyclic) bond motifs is 4. The number of nitrogens with two attached hydrogens (primary N) is 1. The summed E-state index contributed by atoms with van der Waals surface area (Å²) >= 11 is 6.18. The molecule has 3 aliphatic rings. The molecule has 1 unspecified atom stereocenters. The zero-order valence-electron chi connectivity index (χ0n) is 18.4. The van der Waals surface area contributed by atoms with Crippen molar-refractivity contribution in [3.63, 3.8) is 0 Å². The van der Waals surface area contributed by atoms with Gasteiger partial charge in [-0.1, -0.05) is 29.8 Å². The first-order valence-corrected chi connectivity index (χ1v) is 11.3. The highest BCUT2D eigenvalue weighted by Crippen LogP contribution is 2.53. The van der Waals surface area contributed by atoms with Crippen molar-refractivity contribution in [3.8, 4) is 22.6 Å². The summed E-state index contributed by atoms with van der Waals surface area (Å²) in [7, 11) is 1.64. The number of nitrogens with zero attached hydrogens (tertiary/aromatic N) is 3. The maximum absolute atomic E-state index is 13.8. The van der Waals surface area contributed by atoms with Crippen LogP contribution in [0.4, 0.5) is 0 Å². The molecule has 3 aromatic rings. The van der Waals surface area contributed by atoms with Gasteiger partial charge in [0.2, 0.25) is 5.54 Å². The number of carbonyl (C=O) groups is 1. The molecule has 2 N–H and O–H groups in total. The summed E-state index contributed by atoms with van der Waals surface area (Å²) in [5.41, 5.74) is 10.0. The predicted molar refractivity (Wildman–Crippen MR) is 130 cm³/mol. The average Bonchev–Trinajstić information content (AvgIpc) is 3.09. The Morgan fingerprint density at radius 2 is 1.76 bits per heavy atom. The van der Waals surface area contributed by atoms with Crippen molar-refractivity contribution in [2.45, 2.75) is 12.0 Å². The van der Waals surface area contributed by atoms with Crippen molar-refractivity contribution < 1.29 is 14.3 Å². The predicted octanol–water partition coefficient (Wildman–Crippen LogP) is 4.34. The second kappa shape index (κ2) is 7.68. The minimum atomic E-state index is -1.34. The van der Waals surface area contributed by atoms with Crippen molar-refractivity contribution in [2.75, 3.05) is 20.3 Å². The first kappa shape index (κ1) is 20.9. The van der Waals surface area contributed by atoms with E-state index in [9.17, 15) is 4.79 Å². The molecule has 8 heteroatoms. The summed E-state index contributed by atoms with van der Waals surface area (Å²) < 4.78 is 11.7. The quantitative estimate of drug-likeness (QED) is 0.599. The lowest BCUT2D eigenvalue weighted by Gasteiger charge is -2.34. The third kappa shape index (κ3) is 3.04. The van der Waals surface area contributed by atoms with Gasteiger partial charge >= 0.3 is 0 Å². The molecule has 0 saturated heterocycles. The SMILES string of the molecule is CN1C(=O)C2(N=C1N)c1cc(C3=CCOCC3)ccc1Oc1ccc(-c3cncc(Cl)c3)cc12. The fourth-order valence-corrected chi connectivity index (χ4v) is 4.97. The molecule has 1 aromatic heterocycles. The number of guanidine groups is 1. The van der Waals surface area contributed by atoms with Crippen LogP contribution in [0.2, 0.25) is 5.02 Å². The van der Waals surface area contributed by atoms with Crippen LogP contribution < -0.4 is 10.5 Å². The highest BCUT2D eigenvalue weighted by molar-refractivity contribution is 6.30. The third-order valence-electron chi connectivity index (χ3n) is 6.57. The second-order valence-electron chi connectivity index (χ2n) is 8.51. The topological polar surface area (TPSA) is 90.0 Å². The minimum absolute atomic E-state index is 0.161. The Morgan fingerprint density at radius 3 is 2.41 bits per heavy atom. The smallest absolute Gasteiger partial charge is 0.266 e. The molecular formula is C26H21ClN4O3. The molecule has 0 saturated carbocycles. The summed E-state index contributed by atoms with van der Waals surface area (Å²) in [4.78, 5) is 24.2. The largest absolute Gasteiger partial charge is 0.457 e. The fourth-order valence-electron chi connectivity index (χ4n) is 4.80. The van der Waals surface area contributed by atoms with Crippen LogP contribution in [-0.2, 0) is 15.1 Å². The Labute approximate surface area is 201 Å². The van der Waals surface area contributed by atoms with Crippen molar-refractivity contribution >= 4 is 29.0 Å². The average molecular weight is 473 g/mol. The number of aliphatic imine (C=N–C) groups is 1. The van der Waals surface area contributed by atoms with E-state index in [-0.39, 0.29) is 11.9 Å². The zero-order valence-corrected chi connectivity index (χ0v) is 19.2. The van der Waals surface area contributed by atoms with E-state index in [0.717, 1.165) is 23.1 Å². The minimum Gasteiger partial charge on any atom is -0.457 e. The molecule has 34 heavy (non-hydrogen) atoms. The van der Waals surface area contributed by atoms with Crippen LogP contribution in [0, 0.1) is 0 Å². The Bertz CT molecular complexity index is 1420. The molecule has 2 aromatic carbocycles. The number of amides is 1. The van der Waals surface area contributed by atoms with Crippen LogP contribution in [0.15, 0.2) is 65.9 Å². The van der Waals surface area contributed by atoms with Gasteiger partial charge in [-0.3, -0.25) is 14.7 Å². The van der Waals surface area contributed by atoms with Gasteiger partial charge in [0.1, 0.15) is 11.5 Å². The van der Waals surface area contributed by atoms with E-state index in [1.54, 1.807) is 19.4 Å². The van der Waals surface area contributed by atoms with Gasteiger partial charge in [0.05, 0.1) is 18.2 Å². The number of benzene rings is 2. The fraction of sp³-hybridized carbons (Fsp3) is 0.192. The van der Waals surface area contributed by atoms with Crippen LogP contribution in [0.5, 0.6) is 11.5 Å². The number of hydrogen-bond acceptors (Lipinski definition) is 6. The number of aromatic nitrogens is 1. The van der Waals surface area contributed by atoms with Gasteiger partial charge in [-0.15, -0.1) is 0 Å². The second-order valence-corrected chi connectivity index (χ2v) is 8.95. The lowest BCUT2D eigenvalue weighted by molar-refractivity contribution is -0.129. The molecule has 4 heterocycles. The van der Waals surface area contributed by atoms with Gasteiger partial charge in [-0.2, -0.15) is 0 Å². The van der Waals surface area contributed by atoms with E-state index in [0.29, 0.717) is 40.9 Å². The van der Waals surface area contributed by atoms with Gasteiger partial charge in [-0.25, -0.2) is 4.99 Å². The van der Waals surface area contributed by atoms with Crippen LogP contribution in [0.3, 0.4) is 0 Å². The molecule has 170 valence electrons. The molecular weight excluding hydrogens is 452 g/mol. The number of pyridine rings is 1. The summed E-state index contributed by atoms with van der Waals surface area (Å²) in [5, 5.41) is 0.528. The van der Waals surface area contributed by atoms with E-state index in [2.05, 4.69) is 11.1 Å². The molecule has 7 nitrogen and oxygen atoms in total. The molecule has 1 spiro atoms. The first-order valence-electron chi connectivity index (χ1n) is 11.0. The lowest BCUT2D eigenvalue weighted by atomic mass is 9.78. The van der Waals surface area contributed by atoms with Gasteiger partial charge < -0.3 is 15.2 Å². The Balaban J connectivity index is 1.58. The highest BCUT2D eigenvalue weighted by atomic mass is 35.5. The van der Waals surface area contributed by atoms with E-state index < -0.39 is 5.54 Å². The number of hydrogen-bond donors (Lipinski definition) is 1. The number of likely N-dealkylation sites (N-methyl/N-ethyl adjacent to an activating group) is 1. The molecule has 0 radical (unpaired) electrons. The van der Waals surface area contributed by atoms with Gasteiger partial charge in [0, 0.05) is 36.1 Å². The Hall–Kier alpha value is -3.68. The van der Waals surface area contributed by atoms with Crippen molar-refractivity contribution in [3.05, 3.63) is 82.6 Å². The molecule has 1 amide bonds. The lowest BCUT2D eigenvalue weighted by Crippen LogP contribution is -2.42. The standard InChI is InChI=1S/C26H21ClN4O3/c1-31-24(32)26(30-25(31)28)20-11-16(15-6-8-33-9-7-15)2-4-22(20)34-23-5-3-17(12-21(23)26)18-10-19(27)14-29-13-18/h2-6,10-14H,7-9H2,1H3,(H2,28,30). The number of ether oxygens (including phenoxy) is 2. The number of halogens is 1. The maximum Gasteiger partial charge on any atom is 0.266 e. The molecule has 0 aliphatic carbocycles. The van der Waals surface area contributed by atoms with Crippen molar-refractivity contribution in [1.82, 2.24) is 9.88 Å². The first-order chi connectivity index (χ1) is 16.5. The van der Waals surface area contributed by atoms with Crippen molar-refractivity contribution in [2.24, 2.45) is 10.7 Å². The van der Waals surface area contributed by atoms with Crippen LogP contribution in [0.25, 0.3) is 16.7 Å². The molecule has 0 fully saturated rings. The molecule has 1 atom stereocenters. The van der Waals surface area contributed by atoms with E-state index in [1.807, 2.05) is 42.5 Å². The van der Waals surface area contributed by atoms with Crippen LogP contribution in [-0.4, -0.2) is 42.0 Å². The molecule has 6 rings (SSSR count). The Morgan fingerprint density at radius 1 is 1.03 bits per heavy atom. The normalized spacial score (nSPS) is 21.0. The summed E-state index contributed by atoms with van der Waals surface area (Å²) in [5.74, 6) is 1.08. The van der Waals surface area contributed by atoms with E-state index in [4.69, 9.17) is 31.8 Å². The number of carbonyl (C=O) groups excluding carboxylic acids is 1. The van der Waals surface area contributed by atoms with Gasteiger partial charge in [0.25, 0.3) is 5.91 Å². The van der Waals surface area contributed by atoms with Gasteiger partial charge in [-0.05, 0) is 53.5 Å². The van der Waals surface area contributed by atoms with Crippen LogP contribution in [0.1, 0.15) is 23.1 Å². The summed E-state index contributed by atoms with van der Waals surface area (Å²) in [6, 6.07) is 13.4. The number of rotatable bonds is 2. The van der Waals surface area contributed by atoms with E-state index >= 15 is 0 Å². The monoisotopic (exact) mass is 472 g/mol. The summed E-state index contributed by atoms with van der Waals surface area (Å²) in [6.45, 7) is 1.23. The highest BCUT2D eigenvalue weighted by Gasteiger charge is 2.54.